The Morgan fingerprint density at radius 2 is 2.00 bits per heavy atom. The van der Waals surface area contributed by atoms with Crippen molar-refractivity contribution in [3.63, 3.8) is 0 Å². The van der Waals surface area contributed by atoms with Crippen molar-refractivity contribution in [2.24, 2.45) is 7.05 Å². The Morgan fingerprint density at radius 1 is 1.19 bits per heavy atom. The standard InChI is InChI=1S/C19H29N7O/c1-3-26-16(8-9-20-26)19(27)25-12-6-7-15(13-25)18-22-21-17(23(18)2)14-24-10-4-5-11-24/h8-9,15H,3-7,10-14H2,1-2H3/t15-/m0/s1. The molecule has 2 aromatic rings. The fourth-order valence-corrected chi connectivity index (χ4v) is 4.31. The van der Waals surface area contributed by atoms with Crippen molar-refractivity contribution in [2.75, 3.05) is 26.2 Å². The van der Waals surface area contributed by atoms with Gasteiger partial charge in [0.05, 0.1) is 6.54 Å². The maximum Gasteiger partial charge on any atom is 0.272 e. The molecular formula is C19H29N7O. The molecule has 0 unspecified atom stereocenters. The predicted molar refractivity (Wildman–Crippen MR) is 101 cm³/mol. The molecule has 0 saturated carbocycles. The van der Waals surface area contributed by atoms with Crippen LogP contribution in [-0.2, 0) is 20.1 Å². The molecule has 1 amide bonds. The van der Waals surface area contributed by atoms with E-state index >= 15 is 0 Å². The molecule has 4 rings (SSSR count). The summed E-state index contributed by atoms with van der Waals surface area (Å²) < 4.78 is 3.91. The third-order valence-electron chi connectivity index (χ3n) is 5.87. The quantitative estimate of drug-likeness (QED) is 0.799. The first kappa shape index (κ1) is 18.2. The second kappa shape index (κ2) is 7.80. The molecule has 4 heterocycles. The van der Waals surface area contributed by atoms with E-state index in [1.165, 1.54) is 12.8 Å². The number of hydrogen-bond acceptors (Lipinski definition) is 5. The summed E-state index contributed by atoms with van der Waals surface area (Å²) >= 11 is 0. The Morgan fingerprint density at radius 3 is 2.78 bits per heavy atom. The molecular weight excluding hydrogens is 342 g/mol. The summed E-state index contributed by atoms with van der Waals surface area (Å²) in [6.07, 6.45) is 6.29. The van der Waals surface area contributed by atoms with Gasteiger partial charge in [-0.05, 0) is 51.8 Å². The van der Waals surface area contributed by atoms with Crippen molar-refractivity contribution in [1.29, 1.82) is 0 Å². The minimum Gasteiger partial charge on any atom is -0.337 e. The Labute approximate surface area is 160 Å². The van der Waals surface area contributed by atoms with E-state index in [1.54, 1.807) is 10.9 Å². The predicted octanol–water partition coefficient (Wildman–Crippen LogP) is 1.65. The van der Waals surface area contributed by atoms with Gasteiger partial charge in [0.2, 0.25) is 0 Å². The van der Waals surface area contributed by atoms with E-state index in [-0.39, 0.29) is 11.8 Å². The van der Waals surface area contributed by atoms with Gasteiger partial charge in [-0.25, -0.2) is 0 Å². The van der Waals surface area contributed by atoms with Crippen LogP contribution in [-0.4, -0.2) is 66.4 Å². The Bertz CT molecular complexity index is 790. The third kappa shape index (κ3) is 3.63. The number of aromatic nitrogens is 5. The summed E-state index contributed by atoms with van der Waals surface area (Å²) in [6.45, 7) is 7.37. The summed E-state index contributed by atoms with van der Waals surface area (Å²) in [4.78, 5) is 17.3. The van der Waals surface area contributed by atoms with Crippen molar-refractivity contribution in [3.8, 4) is 0 Å². The van der Waals surface area contributed by atoms with Gasteiger partial charge < -0.3 is 9.47 Å². The van der Waals surface area contributed by atoms with Crippen LogP contribution in [0.4, 0.5) is 0 Å². The van der Waals surface area contributed by atoms with E-state index in [2.05, 4.69) is 31.8 Å². The number of nitrogens with zero attached hydrogens (tertiary/aromatic N) is 7. The lowest BCUT2D eigenvalue weighted by atomic mass is 9.97. The number of piperidine rings is 1. The van der Waals surface area contributed by atoms with Gasteiger partial charge in [0.15, 0.2) is 0 Å². The number of aryl methyl sites for hydroxylation is 1. The highest BCUT2D eigenvalue weighted by atomic mass is 16.2. The third-order valence-corrected chi connectivity index (χ3v) is 5.87. The van der Waals surface area contributed by atoms with Crippen molar-refractivity contribution >= 4 is 5.91 Å². The van der Waals surface area contributed by atoms with Crippen LogP contribution in [0.1, 0.15) is 60.7 Å². The van der Waals surface area contributed by atoms with E-state index < -0.39 is 0 Å². The summed E-state index contributed by atoms with van der Waals surface area (Å²) in [5.41, 5.74) is 0.672. The van der Waals surface area contributed by atoms with Gasteiger partial charge in [0.1, 0.15) is 17.3 Å². The van der Waals surface area contributed by atoms with Crippen LogP contribution in [0, 0.1) is 0 Å². The Balaban J connectivity index is 1.46. The van der Waals surface area contributed by atoms with Crippen LogP contribution in [0.3, 0.4) is 0 Å². The smallest absolute Gasteiger partial charge is 0.272 e. The zero-order chi connectivity index (χ0) is 18.8. The van der Waals surface area contributed by atoms with Gasteiger partial charge in [-0.1, -0.05) is 0 Å². The van der Waals surface area contributed by atoms with Crippen LogP contribution >= 0.6 is 0 Å². The van der Waals surface area contributed by atoms with E-state index in [0.29, 0.717) is 18.8 Å². The minimum atomic E-state index is 0.0681. The monoisotopic (exact) mass is 371 g/mol. The molecule has 2 aliphatic rings. The molecule has 2 aromatic heterocycles. The van der Waals surface area contributed by atoms with Gasteiger partial charge in [-0.3, -0.25) is 14.4 Å². The first-order valence-corrected chi connectivity index (χ1v) is 10.1. The van der Waals surface area contributed by atoms with Crippen molar-refractivity contribution in [3.05, 3.63) is 29.6 Å². The van der Waals surface area contributed by atoms with Crippen LogP contribution in [0.5, 0.6) is 0 Å². The Kier molecular flexibility index (Phi) is 5.24. The van der Waals surface area contributed by atoms with E-state index in [1.807, 2.05) is 17.9 Å². The molecule has 146 valence electrons. The molecule has 0 aliphatic carbocycles. The van der Waals surface area contributed by atoms with Crippen molar-refractivity contribution < 1.29 is 4.79 Å². The van der Waals surface area contributed by atoms with Crippen LogP contribution in [0.2, 0.25) is 0 Å². The lowest BCUT2D eigenvalue weighted by molar-refractivity contribution is 0.0691. The zero-order valence-electron chi connectivity index (χ0n) is 16.3. The lowest BCUT2D eigenvalue weighted by Crippen LogP contribution is -2.40. The zero-order valence-corrected chi connectivity index (χ0v) is 16.3. The molecule has 27 heavy (non-hydrogen) atoms. The molecule has 2 fully saturated rings. The van der Waals surface area contributed by atoms with E-state index in [9.17, 15) is 4.79 Å². The normalized spacial score (nSPS) is 21.1. The summed E-state index contributed by atoms with van der Waals surface area (Å²) in [5.74, 6) is 2.34. The first-order chi connectivity index (χ1) is 13.2. The molecule has 0 radical (unpaired) electrons. The average Bonchev–Trinajstić information content (AvgIpc) is 3.44. The maximum absolute atomic E-state index is 13.0. The number of rotatable bonds is 5. The van der Waals surface area contributed by atoms with Crippen molar-refractivity contribution in [2.45, 2.75) is 51.6 Å². The minimum absolute atomic E-state index is 0.0681. The van der Waals surface area contributed by atoms with Crippen LogP contribution in [0.15, 0.2) is 12.3 Å². The second-order valence-electron chi connectivity index (χ2n) is 7.64. The van der Waals surface area contributed by atoms with Crippen LogP contribution in [0.25, 0.3) is 0 Å². The van der Waals surface area contributed by atoms with Gasteiger partial charge >= 0.3 is 0 Å². The van der Waals surface area contributed by atoms with Gasteiger partial charge in [0.25, 0.3) is 5.91 Å². The molecule has 2 aliphatic heterocycles. The van der Waals surface area contributed by atoms with E-state index in [0.717, 1.165) is 50.7 Å². The summed E-state index contributed by atoms with van der Waals surface area (Å²) in [6, 6.07) is 1.81. The molecule has 0 spiro atoms. The van der Waals surface area contributed by atoms with Gasteiger partial charge in [-0.2, -0.15) is 5.10 Å². The van der Waals surface area contributed by atoms with E-state index in [4.69, 9.17) is 0 Å². The second-order valence-corrected chi connectivity index (χ2v) is 7.64. The highest BCUT2D eigenvalue weighted by Gasteiger charge is 2.30. The summed E-state index contributed by atoms with van der Waals surface area (Å²) in [5, 5.41) is 13.2. The molecule has 8 nitrogen and oxygen atoms in total. The highest BCUT2D eigenvalue weighted by Crippen LogP contribution is 2.27. The number of carbonyl (C=O) groups excluding carboxylic acids is 1. The van der Waals surface area contributed by atoms with Crippen LogP contribution < -0.4 is 0 Å². The topological polar surface area (TPSA) is 72.1 Å². The molecule has 8 heteroatoms. The van der Waals surface area contributed by atoms with Gasteiger partial charge in [0, 0.05) is 38.8 Å². The lowest BCUT2D eigenvalue weighted by Gasteiger charge is -2.32. The molecule has 0 aromatic carbocycles. The average molecular weight is 371 g/mol. The highest BCUT2D eigenvalue weighted by molar-refractivity contribution is 5.92. The molecule has 1 atom stereocenters. The number of likely N-dealkylation sites (tertiary alicyclic amines) is 2. The Hall–Kier alpha value is -2.22. The SMILES string of the molecule is CCn1nccc1C(=O)N1CCC[C@H](c2nnc(CN3CCCC3)n2C)C1. The number of hydrogen-bond donors (Lipinski definition) is 0. The molecule has 0 bridgehead atoms. The number of carbonyl (C=O) groups is 1. The fraction of sp³-hybridized carbons (Fsp3) is 0.684. The van der Waals surface area contributed by atoms with Gasteiger partial charge in [-0.15, -0.1) is 10.2 Å². The largest absolute Gasteiger partial charge is 0.337 e. The number of amides is 1. The maximum atomic E-state index is 13.0. The first-order valence-electron chi connectivity index (χ1n) is 10.1. The molecule has 2 saturated heterocycles. The molecule has 0 N–H and O–H groups in total. The summed E-state index contributed by atoms with van der Waals surface area (Å²) in [7, 11) is 2.06. The fourth-order valence-electron chi connectivity index (χ4n) is 4.31. The van der Waals surface area contributed by atoms with Crippen molar-refractivity contribution in [1.82, 2.24) is 34.3 Å².